The van der Waals surface area contributed by atoms with E-state index >= 15 is 0 Å². The van der Waals surface area contributed by atoms with Gasteiger partial charge in [-0.25, -0.2) is 23.7 Å². The Morgan fingerprint density at radius 1 is 1.06 bits per heavy atom. The number of hydrogen-bond acceptors (Lipinski definition) is 6. The Hall–Kier alpha value is -3.89. The zero-order valence-corrected chi connectivity index (χ0v) is 17.2. The number of nitrogens with zero attached hydrogens (tertiary/aromatic N) is 7. The molecule has 1 saturated heterocycles. The summed E-state index contributed by atoms with van der Waals surface area (Å²) in [5, 5.41) is 12.3. The summed E-state index contributed by atoms with van der Waals surface area (Å²) in [6.45, 7) is 0.567. The molecule has 162 valence electrons. The van der Waals surface area contributed by atoms with Crippen molar-refractivity contribution in [2.75, 3.05) is 18.0 Å². The van der Waals surface area contributed by atoms with E-state index in [1.165, 1.54) is 0 Å². The third-order valence-electron chi connectivity index (χ3n) is 5.89. The maximum absolute atomic E-state index is 13.6. The van der Waals surface area contributed by atoms with Crippen LogP contribution in [-0.2, 0) is 7.05 Å². The molecule has 5 aromatic rings. The van der Waals surface area contributed by atoms with Crippen molar-refractivity contribution < 1.29 is 8.78 Å². The molecule has 0 atom stereocenters. The summed E-state index contributed by atoms with van der Waals surface area (Å²) in [4.78, 5) is 18.7. The van der Waals surface area contributed by atoms with Crippen molar-refractivity contribution in [2.24, 2.45) is 7.05 Å². The van der Waals surface area contributed by atoms with E-state index < -0.39 is 5.92 Å². The minimum Gasteiger partial charge on any atom is -0.369 e. The van der Waals surface area contributed by atoms with Crippen LogP contribution in [-0.4, -0.2) is 58.9 Å². The lowest BCUT2D eigenvalue weighted by molar-refractivity contribution is -0.0220. The minimum atomic E-state index is -2.60. The number of aromatic amines is 2. The van der Waals surface area contributed by atoms with Crippen LogP contribution in [0, 0.1) is 0 Å². The molecule has 0 amide bonds. The molecule has 0 aromatic carbocycles. The van der Waals surface area contributed by atoms with E-state index in [0.717, 1.165) is 22.2 Å². The van der Waals surface area contributed by atoms with Crippen LogP contribution in [0.3, 0.4) is 0 Å². The van der Waals surface area contributed by atoms with Gasteiger partial charge < -0.3 is 9.88 Å². The Labute approximate surface area is 180 Å². The first-order chi connectivity index (χ1) is 15.5. The van der Waals surface area contributed by atoms with E-state index in [1.807, 2.05) is 30.3 Å². The molecule has 32 heavy (non-hydrogen) atoms. The number of aryl methyl sites for hydroxylation is 1. The SMILES string of the molecule is Cn1cc(-c2cnc3n[nH]c(-c4nc5nccc(N6CCC(F)(F)CC6)c5[nH]4)c3c2)cn1. The number of hydrogen-bond donors (Lipinski definition) is 2. The van der Waals surface area contributed by atoms with E-state index in [1.54, 1.807) is 23.3 Å². The van der Waals surface area contributed by atoms with Gasteiger partial charge in [-0.3, -0.25) is 9.78 Å². The van der Waals surface area contributed by atoms with Crippen LogP contribution in [0.5, 0.6) is 0 Å². The zero-order chi connectivity index (χ0) is 21.9. The molecule has 0 saturated carbocycles. The van der Waals surface area contributed by atoms with Gasteiger partial charge in [-0.15, -0.1) is 0 Å². The lowest BCUT2D eigenvalue weighted by Gasteiger charge is -2.33. The molecule has 0 aliphatic carbocycles. The molecule has 9 nitrogen and oxygen atoms in total. The summed E-state index contributed by atoms with van der Waals surface area (Å²) in [6, 6.07) is 3.83. The molecular formula is C21H19F2N9. The molecule has 2 N–H and O–H groups in total. The van der Waals surface area contributed by atoms with Gasteiger partial charge in [0.1, 0.15) is 11.2 Å². The number of pyridine rings is 2. The fourth-order valence-electron chi connectivity index (χ4n) is 4.16. The predicted molar refractivity (Wildman–Crippen MR) is 115 cm³/mol. The fraction of sp³-hybridized carbons (Fsp3) is 0.286. The van der Waals surface area contributed by atoms with Crippen molar-refractivity contribution >= 4 is 27.9 Å². The van der Waals surface area contributed by atoms with Gasteiger partial charge in [0.05, 0.1) is 17.3 Å². The van der Waals surface area contributed by atoms with Crippen LogP contribution < -0.4 is 4.90 Å². The largest absolute Gasteiger partial charge is 0.369 e. The zero-order valence-electron chi connectivity index (χ0n) is 17.2. The van der Waals surface area contributed by atoms with Crippen LogP contribution in [0.25, 0.3) is 44.8 Å². The van der Waals surface area contributed by atoms with Gasteiger partial charge in [0.2, 0.25) is 0 Å². The topological polar surface area (TPSA) is 104 Å². The first kappa shape index (κ1) is 18.8. The van der Waals surface area contributed by atoms with Crippen LogP contribution >= 0.6 is 0 Å². The van der Waals surface area contributed by atoms with Crippen LogP contribution in [0.15, 0.2) is 36.9 Å². The van der Waals surface area contributed by atoms with Crippen molar-refractivity contribution in [3.63, 3.8) is 0 Å². The number of fused-ring (bicyclic) bond motifs is 2. The molecule has 6 rings (SSSR count). The Kier molecular flexibility index (Phi) is 4.01. The number of piperidine rings is 1. The van der Waals surface area contributed by atoms with E-state index in [4.69, 9.17) is 0 Å². The highest BCUT2D eigenvalue weighted by Gasteiger charge is 2.34. The summed E-state index contributed by atoms with van der Waals surface area (Å²) >= 11 is 0. The van der Waals surface area contributed by atoms with Gasteiger partial charge in [0.15, 0.2) is 17.1 Å². The number of rotatable bonds is 3. The number of aromatic nitrogens is 8. The summed E-state index contributed by atoms with van der Waals surface area (Å²) < 4.78 is 29.0. The van der Waals surface area contributed by atoms with Crippen LogP contribution in [0.2, 0.25) is 0 Å². The highest BCUT2D eigenvalue weighted by atomic mass is 19.3. The molecule has 11 heteroatoms. The Bertz CT molecular complexity index is 1440. The van der Waals surface area contributed by atoms with E-state index in [9.17, 15) is 8.78 Å². The van der Waals surface area contributed by atoms with Crippen molar-refractivity contribution in [3.8, 4) is 22.6 Å². The molecule has 0 spiro atoms. The second-order valence-electron chi connectivity index (χ2n) is 8.05. The highest BCUT2D eigenvalue weighted by molar-refractivity contribution is 5.95. The maximum atomic E-state index is 13.6. The molecule has 1 fully saturated rings. The highest BCUT2D eigenvalue weighted by Crippen LogP contribution is 2.34. The number of halogens is 2. The predicted octanol–water partition coefficient (Wildman–Crippen LogP) is 3.53. The number of nitrogens with one attached hydrogen (secondary N) is 2. The van der Waals surface area contributed by atoms with E-state index in [2.05, 4.69) is 35.2 Å². The normalized spacial score (nSPS) is 16.3. The minimum absolute atomic E-state index is 0.161. The quantitative estimate of drug-likeness (QED) is 0.449. The average Bonchev–Trinajstić information content (AvgIpc) is 3.50. The fourth-order valence-corrected chi connectivity index (χ4v) is 4.16. The van der Waals surface area contributed by atoms with Crippen molar-refractivity contribution in [2.45, 2.75) is 18.8 Å². The average molecular weight is 435 g/mol. The van der Waals surface area contributed by atoms with Crippen LogP contribution in [0.1, 0.15) is 12.8 Å². The monoisotopic (exact) mass is 435 g/mol. The second-order valence-corrected chi connectivity index (χ2v) is 8.05. The summed E-state index contributed by atoms with van der Waals surface area (Å²) in [5.41, 5.74) is 5.18. The van der Waals surface area contributed by atoms with Gasteiger partial charge >= 0.3 is 0 Å². The summed E-state index contributed by atoms with van der Waals surface area (Å²) in [7, 11) is 1.86. The van der Waals surface area contributed by atoms with Crippen molar-refractivity contribution in [1.29, 1.82) is 0 Å². The second kappa shape index (κ2) is 6.81. The number of H-pyrrole nitrogens is 2. The van der Waals surface area contributed by atoms with Crippen molar-refractivity contribution in [1.82, 2.24) is 39.9 Å². The third kappa shape index (κ3) is 3.08. The first-order valence-corrected chi connectivity index (χ1v) is 10.3. The summed E-state index contributed by atoms with van der Waals surface area (Å²) in [6.07, 6.45) is 6.79. The van der Waals surface area contributed by atoms with Crippen LogP contribution in [0.4, 0.5) is 14.5 Å². The maximum Gasteiger partial charge on any atom is 0.251 e. The van der Waals surface area contributed by atoms with Gasteiger partial charge in [-0.2, -0.15) is 10.2 Å². The number of anilines is 1. The molecule has 0 unspecified atom stereocenters. The molecule has 0 bridgehead atoms. The molecular weight excluding hydrogens is 416 g/mol. The first-order valence-electron chi connectivity index (χ1n) is 10.3. The van der Waals surface area contributed by atoms with Crippen molar-refractivity contribution in [3.05, 3.63) is 36.9 Å². The Balaban J connectivity index is 1.42. The standard InChI is InChI=1S/C21H19F2N9/c1-31-11-13(10-26-31)12-8-14-16(29-30-18(14)25-9-12)20-27-17-15(2-5-24-19(17)28-20)32-6-3-21(22,23)4-7-32/h2,5,8-11H,3-4,6-7H2,1H3,(H,24,27,28)(H,25,29,30). The van der Waals surface area contributed by atoms with E-state index in [-0.39, 0.29) is 25.9 Å². The Morgan fingerprint density at radius 2 is 1.91 bits per heavy atom. The molecule has 0 radical (unpaired) electrons. The van der Waals surface area contributed by atoms with E-state index in [0.29, 0.717) is 28.3 Å². The summed E-state index contributed by atoms with van der Waals surface area (Å²) in [5.74, 6) is -2.04. The molecule has 1 aliphatic heterocycles. The lowest BCUT2D eigenvalue weighted by atomic mass is 10.1. The third-order valence-corrected chi connectivity index (χ3v) is 5.89. The van der Waals surface area contributed by atoms with Gasteiger partial charge in [-0.1, -0.05) is 0 Å². The smallest absolute Gasteiger partial charge is 0.251 e. The Morgan fingerprint density at radius 3 is 2.69 bits per heavy atom. The van der Waals surface area contributed by atoms with Gasteiger partial charge in [0, 0.05) is 62.7 Å². The molecule has 1 aliphatic rings. The molecule has 6 heterocycles. The van der Waals surface area contributed by atoms with Gasteiger partial charge in [0.25, 0.3) is 5.92 Å². The number of imidazole rings is 1. The lowest BCUT2D eigenvalue weighted by Crippen LogP contribution is -2.39. The molecule has 5 aromatic heterocycles. The van der Waals surface area contributed by atoms with Gasteiger partial charge in [-0.05, 0) is 12.1 Å². The number of alkyl halides is 2.